The van der Waals surface area contributed by atoms with Gasteiger partial charge < -0.3 is 10.2 Å². The van der Waals surface area contributed by atoms with Crippen molar-refractivity contribution in [3.8, 4) is 0 Å². The molecular formula is C34H41FN2. The number of nitrogens with one attached hydrogen (secondary N) is 1. The van der Waals surface area contributed by atoms with Gasteiger partial charge in [-0.05, 0) is 88.1 Å². The normalized spacial score (nSPS) is 12.9. The molecule has 1 N–H and O–H groups in total. The lowest BCUT2D eigenvalue weighted by Crippen LogP contribution is -2.29. The predicted molar refractivity (Wildman–Crippen MR) is 159 cm³/mol. The van der Waals surface area contributed by atoms with Crippen LogP contribution in [0, 0.1) is 27.7 Å². The molecule has 4 aromatic rings. The number of hydrogen-bond acceptors (Lipinski definition) is 2. The Balaban J connectivity index is 0.000000198. The molecule has 0 spiro atoms. The molecule has 1 aliphatic rings. The summed E-state index contributed by atoms with van der Waals surface area (Å²) in [7, 11) is -1.00. The van der Waals surface area contributed by atoms with E-state index in [0.717, 1.165) is 5.69 Å². The Morgan fingerprint density at radius 3 is 1.84 bits per heavy atom. The minimum Gasteiger partial charge on any atom is -0.355 e. The van der Waals surface area contributed by atoms with Gasteiger partial charge in [-0.25, -0.2) is 0 Å². The highest BCUT2D eigenvalue weighted by atomic mass is 19.1. The molecule has 5 rings (SSSR count). The smallest absolute Gasteiger partial charge is 0.0785 e. The van der Waals surface area contributed by atoms with Crippen LogP contribution in [0.1, 0.15) is 49.3 Å². The molecular weight excluding hydrogens is 455 g/mol. The largest absolute Gasteiger partial charge is 0.355 e. The lowest BCUT2D eigenvalue weighted by Gasteiger charge is -2.32. The van der Waals surface area contributed by atoms with Gasteiger partial charge in [0.15, 0.2) is 0 Å². The number of benzene rings is 4. The fourth-order valence-electron chi connectivity index (χ4n) is 5.00. The number of rotatable bonds is 5. The summed E-state index contributed by atoms with van der Waals surface area (Å²) >= 11 is 0. The minimum absolute atomic E-state index is 0.652. The first kappa shape index (κ1) is 26.5. The monoisotopic (exact) mass is 497 g/mol. The first-order chi connectivity index (χ1) is 18.4. The first-order valence-corrected chi connectivity index (χ1v) is 13.1. The SMILES string of the molecule is Cc1ccc(N(c2ccccc2)C2CCCC2)c(C)c1.Cc1ccc(Nc2ccccc2)c(C)c1.[2H]CF. The second-order valence-electron chi connectivity index (χ2n) is 9.74. The highest BCUT2D eigenvalue weighted by molar-refractivity contribution is 5.68. The zero-order valence-electron chi connectivity index (χ0n) is 23.7. The summed E-state index contributed by atoms with van der Waals surface area (Å²) in [6.45, 7) is 8.63. The van der Waals surface area contributed by atoms with Gasteiger partial charge in [-0.15, -0.1) is 0 Å². The summed E-state index contributed by atoms with van der Waals surface area (Å²) in [4.78, 5) is 2.56. The maximum Gasteiger partial charge on any atom is 0.0785 e. The van der Waals surface area contributed by atoms with E-state index in [-0.39, 0.29) is 0 Å². The van der Waals surface area contributed by atoms with E-state index >= 15 is 0 Å². The lowest BCUT2D eigenvalue weighted by atomic mass is 10.1. The molecule has 0 amide bonds. The van der Waals surface area contributed by atoms with Gasteiger partial charge in [-0.1, -0.05) is 84.6 Å². The summed E-state index contributed by atoms with van der Waals surface area (Å²) in [6.07, 6.45) is 5.34. The summed E-state index contributed by atoms with van der Waals surface area (Å²) in [6, 6.07) is 35.0. The van der Waals surface area contributed by atoms with E-state index in [2.05, 4.69) is 117 Å². The van der Waals surface area contributed by atoms with Crippen LogP contribution in [0.3, 0.4) is 0 Å². The molecule has 0 unspecified atom stereocenters. The third-order valence-electron chi connectivity index (χ3n) is 6.77. The van der Waals surface area contributed by atoms with Gasteiger partial charge in [0.2, 0.25) is 0 Å². The highest BCUT2D eigenvalue weighted by Crippen LogP contribution is 2.36. The average Bonchev–Trinajstić information content (AvgIpc) is 3.44. The summed E-state index contributed by atoms with van der Waals surface area (Å²) < 4.78 is 15.5. The number of alkyl halides is 1. The Bertz CT molecular complexity index is 1240. The van der Waals surface area contributed by atoms with Crippen LogP contribution in [-0.4, -0.2) is 13.2 Å². The molecule has 1 saturated carbocycles. The number of halogens is 1. The number of hydrogen-bond donors (Lipinski definition) is 1. The van der Waals surface area contributed by atoms with Crippen LogP contribution in [0.25, 0.3) is 0 Å². The van der Waals surface area contributed by atoms with E-state index in [4.69, 9.17) is 1.37 Å². The molecule has 0 atom stereocenters. The lowest BCUT2D eigenvalue weighted by molar-refractivity contribution is 0.636. The molecule has 0 heterocycles. The maximum absolute atomic E-state index is 9.96. The van der Waals surface area contributed by atoms with Crippen molar-refractivity contribution in [1.82, 2.24) is 0 Å². The topological polar surface area (TPSA) is 15.3 Å². The predicted octanol–water partition coefficient (Wildman–Crippen LogP) is 10.0. The molecule has 3 heteroatoms. The van der Waals surface area contributed by atoms with E-state index in [1.54, 1.807) is 0 Å². The van der Waals surface area contributed by atoms with Crippen LogP contribution in [-0.2, 0) is 0 Å². The Hall–Kier alpha value is -3.59. The van der Waals surface area contributed by atoms with Crippen LogP contribution in [0.2, 0.25) is 0 Å². The Morgan fingerprint density at radius 1 is 0.730 bits per heavy atom. The van der Waals surface area contributed by atoms with E-state index in [1.165, 1.54) is 65.0 Å². The van der Waals surface area contributed by atoms with Gasteiger partial charge in [-0.3, -0.25) is 4.39 Å². The van der Waals surface area contributed by atoms with Gasteiger partial charge in [0.25, 0.3) is 0 Å². The van der Waals surface area contributed by atoms with Gasteiger partial charge in [0.05, 0.1) is 8.52 Å². The molecule has 1 fully saturated rings. The van der Waals surface area contributed by atoms with Crippen molar-refractivity contribution in [3.05, 3.63) is 119 Å². The Labute approximate surface area is 224 Å². The second kappa shape index (κ2) is 14.2. The zero-order chi connectivity index (χ0) is 27.3. The van der Waals surface area contributed by atoms with Crippen molar-refractivity contribution in [1.29, 1.82) is 0 Å². The molecule has 2 nitrogen and oxygen atoms in total. The van der Waals surface area contributed by atoms with Crippen molar-refractivity contribution in [2.24, 2.45) is 0 Å². The van der Waals surface area contributed by atoms with Gasteiger partial charge in [0, 0.05) is 28.8 Å². The molecule has 1 aliphatic carbocycles. The standard InChI is InChI=1S/C19H23N.C14H15N.CH3F/c1-15-12-13-19(16(2)14-15)20(18-10-6-7-11-18)17-8-4-3-5-9-17;1-11-8-9-14(12(2)10-11)15-13-6-4-3-5-7-13;1-2/h3-5,8-9,12-14,18H,6-7,10-11H2,1-2H3;3-10,15H,1-2H3;1H3/i;;1D. The summed E-state index contributed by atoms with van der Waals surface area (Å²) in [5.74, 6) is 0. The molecule has 37 heavy (non-hydrogen) atoms. The maximum atomic E-state index is 9.96. The third kappa shape index (κ3) is 7.95. The van der Waals surface area contributed by atoms with Crippen molar-refractivity contribution >= 4 is 22.7 Å². The van der Waals surface area contributed by atoms with Crippen LogP contribution < -0.4 is 10.2 Å². The van der Waals surface area contributed by atoms with Crippen molar-refractivity contribution in [2.45, 2.75) is 59.4 Å². The quantitative estimate of drug-likeness (QED) is 0.295. The Kier molecular flexibility index (Phi) is 10.2. The number of aryl methyl sites for hydroxylation is 4. The molecule has 0 aliphatic heterocycles. The van der Waals surface area contributed by atoms with Crippen molar-refractivity contribution in [3.63, 3.8) is 0 Å². The van der Waals surface area contributed by atoms with E-state index in [0.29, 0.717) is 6.04 Å². The molecule has 0 radical (unpaired) electrons. The van der Waals surface area contributed by atoms with E-state index in [1.807, 2.05) is 18.2 Å². The van der Waals surface area contributed by atoms with Crippen LogP contribution >= 0.6 is 0 Å². The fourth-order valence-corrected chi connectivity index (χ4v) is 5.00. The van der Waals surface area contributed by atoms with Crippen LogP contribution in [0.5, 0.6) is 0 Å². The molecule has 0 bridgehead atoms. The average molecular weight is 498 g/mol. The van der Waals surface area contributed by atoms with Crippen LogP contribution in [0.15, 0.2) is 97.1 Å². The van der Waals surface area contributed by atoms with Crippen LogP contribution in [0.4, 0.5) is 27.1 Å². The third-order valence-corrected chi connectivity index (χ3v) is 6.77. The fraction of sp³-hybridized carbons (Fsp3) is 0.294. The molecule has 4 aromatic carbocycles. The highest BCUT2D eigenvalue weighted by Gasteiger charge is 2.25. The van der Waals surface area contributed by atoms with E-state index < -0.39 is 7.15 Å². The zero-order valence-corrected chi connectivity index (χ0v) is 22.7. The number of para-hydroxylation sites is 2. The number of nitrogens with zero attached hydrogens (tertiary/aromatic N) is 1. The molecule has 0 aromatic heterocycles. The van der Waals surface area contributed by atoms with Gasteiger partial charge >= 0.3 is 0 Å². The summed E-state index contributed by atoms with van der Waals surface area (Å²) in [5, 5.41) is 3.40. The minimum atomic E-state index is -1.00. The molecule has 194 valence electrons. The Morgan fingerprint density at radius 2 is 1.27 bits per heavy atom. The number of anilines is 4. The van der Waals surface area contributed by atoms with Gasteiger partial charge in [-0.2, -0.15) is 0 Å². The first-order valence-electron chi connectivity index (χ1n) is 13.8. The second-order valence-corrected chi connectivity index (χ2v) is 9.74. The van der Waals surface area contributed by atoms with Crippen molar-refractivity contribution < 1.29 is 5.76 Å². The summed E-state index contributed by atoms with van der Waals surface area (Å²) in [5.41, 5.74) is 10.3. The van der Waals surface area contributed by atoms with Crippen molar-refractivity contribution in [2.75, 3.05) is 17.4 Å². The van der Waals surface area contributed by atoms with E-state index in [9.17, 15) is 4.39 Å². The van der Waals surface area contributed by atoms with Gasteiger partial charge in [0.1, 0.15) is 0 Å². The molecule has 0 saturated heterocycles.